The van der Waals surface area contributed by atoms with Crippen molar-refractivity contribution >= 4 is 27.7 Å². The van der Waals surface area contributed by atoms with Gasteiger partial charge in [-0.15, -0.1) is 0 Å². The largest absolute Gasteiger partial charge is 0.362 e. The molecule has 2 heterocycles. The van der Waals surface area contributed by atoms with Gasteiger partial charge in [0, 0.05) is 40.6 Å². The second-order valence-electron chi connectivity index (χ2n) is 3.66. The normalized spacial score (nSPS) is 33.6. The second-order valence-corrected chi connectivity index (χ2v) is 6.44. The topological polar surface area (TPSA) is 41.5 Å². The van der Waals surface area contributed by atoms with Crippen molar-refractivity contribution in [3.8, 4) is 0 Å². The number of amidine groups is 1. The summed E-state index contributed by atoms with van der Waals surface area (Å²) in [6.07, 6.45) is 3.27. The maximum Gasteiger partial charge on any atom is 0.156 e. The van der Waals surface area contributed by atoms with E-state index in [1.165, 1.54) is 12.2 Å². The Morgan fingerprint density at radius 3 is 2.86 bits per heavy atom. The summed E-state index contributed by atoms with van der Waals surface area (Å²) in [7, 11) is -0.554. The maximum absolute atomic E-state index is 11.1. The molecule has 1 N–H and O–H groups in total. The van der Waals surface area contributed by atoms with E-state index < -0.39 is 10.8 Å². The zero-order valence-corrected chi connectivity index (χ0v) is 9.83. The fourth-order valence-electron chi connectivity index (χ4n) is 1.66. The molecule has 1 saturated heterocycles. The van der Waals surface area contributed by atoms with Crippen molar-refractivity contribution in [1.29, 1.82) is 0 Å². The van der Waals surface area contributed by atoms with E-state index in [9.17, 15) is 4.21 Å². The molecule has 0 atom stereocenters. The summed E-state index contributed by atoms with van der Waals surface area (Å²) in [6.45, 7) is 0.966. The minimum absolute atomic E-state index is 0.511. The summed E-state index contributed by atoms with van der Waals surface area (Å²) in [4.78, 5) is 4.44. The van der Waals surface area contributed by atoms with Gasteiger partial charge in [-0.2, -0.15) is 0 Å². The Balaban J connectivity index is 1.79. The van der Waals surface area contributed by atoms with Crippen LogP contribution in [-0.4, -0.2) is 39.2 Å². The number of hydrogen-bond acceptors (Lipinski definition) is 4. The van der Waals surface area contributed by atoms with Crippen LogP contribution >= 0.6 is 11.8 Å². The standard InChI is InChI=1S/C9H16N2OS2/c12-14-6-2-8(3-7-14)11-9-10-4-1-5-13-9/h8H,1-7H2,(H,10,11). The molecular weight excluding hydrogens is 216 g/mol. The molecule has 0 spiro atoms. The summed E-state index contributed by atoms with van der Waals surface area (Å²) >= 11 is 1.82. The summed E-state index contributed by atoms with van der Waals surface area (Å²) < 4.78 is 11.1. The number of rotatable bonds is 1. The van der Waals surface area contributed by atoms with Crippen molar-refractivity contribution in [3.05, 3.63) is 0 Å². The molecule has 2 aliphatic heterocycles. The van der Waals surface area contributed by atoms with Crippen molar-refractivity contribution in [1.82, 2.24) is 5.32 Å². The van der Waals surface area contributed by atoms with Crippen LogP contribution in [0.2, 0.25) is 0 Å². The first-order valence-corrected chi connectivity index (χ1v) is 7.61. The second kappa shape index (κ2) is 5.16. The van der Waals surface area contributed by atoms with Crippen LogP contribution < -0.4 is 5.32 Å². The van der Waals surface area contributed by atoms with Crippen LogP contribution in [0.15, 0.2) is 4.99 Å². The Bertz CT molecular complexity index is 245. The average molecular weight is 232 g/mol. The van der Waals surface area contributed by atoms with Gasteiger partial charge in [0.15, 0.2) is 5.17 Å². The molecule has 0 aromatic heterocycles. The van der Waals surface area contributed by atoms with Crippen molar-refractivity contribution in [2.24, 2.45) is 4.99 Å². The molecule has 2 aliphatic rings. The van der Waals surface area contributed by atoms with Gasteiger partial charge in [0.1, 0.15) is 0 Å². The maximum atomic E-state index is 11.1. The van der Waals surface area contributed by atoms with E-state index in [2.05, 4.69) is 10.3 Å². The predicted octanol–water partition coefficient (Wildman–Crippen LogP) is 0.980. The van der Waals surface area contributed by atoms with E-state index in [0.29, 0.717) is 6.04 Å². The van der Waals surface area contributed by atoms with Crippen LogP contribution in [0.1, 0.15) is 19.3 Å². The molecule has 0 unspecified atom stereocenters. The first-order valence-electron chi connectivity index (χ1n) is 5.13. The highest BCUT2D eigenvalue weighted by atomic mass is 32.2. The Labute approximate surface area is 91.6 Å². The summed E-state index contributed by atoms with van der Waals surface area (Å²) in [5, 5.41) is 4.56. The van der Waals surface area contributed by atoms with Crippen LogP contribution in [0.3, 0.4) is 0 Å². The lowest BCUT2D eigenvalue weighted by atomic mass is 10.2. The lowest BCUT2D eigenvalue weighted by Crippen LogP contribution is -2.39. The third kappa shape index (κ3) is 2.98. The van der Waals surface area contributed by atoms with Crippen LogP contribution in [0.4, 0.5) is 0 Å². The van der Waals surface area contributed by atoms with Gasteiger partial charge in [-0.3, -0.25) is 9.20 Å². The number of hydrogen-bond donors (Lipinski definition) is 1. The molecule has 1 fully saturated rings. The third-order valence-corrected chi connectivity index (χ3v) is 4.91. The lowest BCUT2D eigenvalue weighted by molar-refractivity contribution is 0.553. The monoisotopic (exact) mass is 232 g/mol. The van der Waals surface area contributed by atoms with Gasteiger partial charge >= 0.3 is 0 Å². The Morgan fingerprint density at radius 1 is 1.43 bits per heavy atom. The van der Waals surface area contributed by atoms with Gasteiger partial charge in [-0.25, -0.2) is 0 Å². The first-order chi connectivity index (χ1) is 6.84. The van der Waals surface area contributed by atoms with Gasteiger partial charge < -0.3 is 5.32 Å². The minimum atomic E-state index is -0.554. The summed E-state index contributed by atoms with van der Waals surface area (Å²) in [6, 6.07) is 0.511. The molecule has 0 saturated carbocycles. The highest BCUT2D eigenvalue weighted by Crippen LogP contribution is 2.14. The molecule has 0 aromatic rings. The van der Waals surface area contributed by atoms with E-state index in [4.69, 9.17) is 0 Å². The average Bonchev–Trinajstić information content (AvgIpc) is 2.23. The molecule has 5 heteroatoms. The zero-order chi connectivity index (χ0) is 9.80. The smallest absolute Gasteiger partial charge is 0.156 e. The van der Waals surface area contributed by atoms with E-state index >= 15 is 0 Å². The molecule has 14 heavy (non-hydrogen) atoms. The molecule has 80 valence electrons. The molecular formula is C9H16N2OS2. The molecule has 3 nitrogen and oxygen atoms in total. The van der Waals surface area contributed by atoms with Crippen molar-refractivity contribution < 1.29 is 4.21 Å². The molecule has 0 aromatic carbocycles. The van der Waals surface area contributed by atoms with Gasteiger partial charge in [0.05, 0.1) is 0 Å². The molecule has 0 radical (unpaired) electrons. The summed E-state index contributed by atoms with van der Waals surface area (Å²) in [5.41, 5.74) is 0. The van der Waals surface area contributed by atoms with Crippen LogP contribution in [0.5, 0.6) is 0 Å². The van der Waals surface area contributed by atoms with Gasteiger partial charge in [0.25, 0.3) is 0 Å². The number of nitrogens with zero attached hydrogens (tertiary/aromatic N) is 1. The lowest BCUT2D eigenvalue weighted by Gasteiger charge is -2.25. The fraction of sp³-hybridized carbons (Fsp3) is 0.889. The van der Waals surface area contributed by atoms with E-state index in [-0.39, 0.29) is 0 Å². The van der Waals surface area contributed by atoms with E-state index in [0.717, 1.165) is 36.1 Å². The first kappa shape index (κ1) is 10.5. The highest BCUT2D eigenvalue weighted by molar-refractivity contribution is 8.13. The van der Waals surface area contributed by atoms with Crippen LogP contribution in [0.25, 0.3) is 0 Å². The Hall–Kier alpha value is -0.0300. The summed E-state index contributed by atoms with van der Waals surface area (Å²) in [5.74, 6) is 2.90. The van der Waals surface area contributed by atoms with Crippen molar-refractivity contribution in [3.63, 3.8) is 0 Å². The van der Waals surface area contributed by atoms with E-state index in [1.807, 2.05) is 11.8 Å². The van der Waals surface area contributed by atoms with Crippen LogP contribution in [0, 0.1) is 0 Å². The number of nitrogens with one attached hydrogen (secondary N) is 1. The number of thioether (sulfide) groups is 1. The Morgan fingerprint density at radius 2 is 2.21 bits per heavy atom. The van der Waals surface area contributed by atoms with Crippen LogP contribution in [-0.2, 0) is 10.8 Å². The number of aliphatic imine (C=N–C) groups is 1. The van der Waals surface area contributed by atoms with Crippen molar-refractivity contribution in [2.45, 2.75) is 25.3 Å². The molecule has 0 bridgehead atoms. The minimum Gasteiger partial charge on any atom is -0.362 e. The predicted molar refractivity (Wildman–Crippen MR) is 63.4 cm³/mol. The molecule has 0 aliphatic carbocycles. The highest BCUT2D eigenvalue weighted by Gasteiger charge is 2.19. The van der Waals surface area contributed by atoms with Gasteiger partial charge in [0.2, 0.25) is 0 Å². The molecule has 0 amide bonds. The van der Waals surface area contributed by atoms with Gasteiger partial charge in [-0.05, 0) is 19.3 Å². The quantitative estimate of drug-likeness (QED) is 0.733. The van der Waals surface area contributed by atoms with Gasteiger partial charge in [-0.1, -0.05) is 11.8 Å². The SMILES string of the molecule is O=S1CCC(NC2=NCCCS2)CC1. The van der Waals surface area contributed by atoms with E-state index in [1.54, 1.807) is 0 Å². The molecule has 2 rings (SSSR count). The fourth-order valence-corrected chi connectivity index (χ4v) is 3.86. The third-order valence-electron chi connectivity index (χ3n) is 2.51. The Kier molecular flexibility index (Phi) is 3.87. The zero-order valence-electron chi connectivity index (χ0n) is 8.20. The van der Waals surface area contributed by atoms with Crippen molar-refractivity contribution in [2.75, 3.05) is 23.8 Å².